The third kappa shape index (κ3) is 7.39. The molecule has 1 aromatic carbocycles. The van der Waals surface area contributed by atoms with Gasteiger partial charge < -0.3 is 20.1 Å². The number of carbonyl (C=O) groups excluding carboxylic acids is 1. The van der Waals surface area contributed by atoms with Gasteiger partial charge in [-0.15, -0.1) is 0 Å². The molecule has 0 amide bonds. The van der Waals surface area contributed by atoms with E-state index in [4.69, 9.17) is 32.7 Å². The summed E-state index contributed by atoms with van der Waals surface area (Å²) in [5.41, 5.74) is 3.13. The molecule has 1 unspecified atom stereocenters. The van der Waals surface area contributed by atoms with E-state index in [-0.39, 0.29) is 11.2 Å². The molecule has 1 aromatic rings. The Morgan fingerprint density at radius 3 is 2.55 bits per heavy atom. The second kappa shape index (κ2) is 11.7. The van der Waals surface area contributed by atoms with E-state index >= 15 is 0 Å². The summed E-state index contributed by atoms with van der Waals surface area (Å²) in [6.07, 6.45) is 6.79. The number of benzene rings is 1. The molecule has 0 radical (unpaired) electrons. The number of allylic oxidation sites excluding steroid dienone is 2. The Kier molecular flexibility index (Phi) is 9.63. The van der Waals surface area contributed by atoms with E-state index in [9.17, 15) is 4.79 Å². The van der Waals surface area contributed by atoms with Crippen LogP contribution < -0.4 is 10.6 Å². The molecule has 0 aromatic heterocycles. The summed E-state index contributed by atoms with van der Waals surface area (Å²) in [6.45, 7) is 7.12. The van der Waals surface area contributed by atoms with Crippen LogP contribution in [0.25, 0.3) is 0 Å². The monoisotopic (exact) mass is 466 g/mol. The van der Waals surface area contributed by atoms with Crippen LogP contribution in [0.15, 0.2) is 53.5 Å². The van der Waals surface area contributed by atoms with Gasteiger partial charge in [-0.05, 0) is 54.8 Å². The molecule has 1 aliphatic carbocycles. The third-order valence-electron chi connectivity index (χ3n) is 5.03. The molecule has 2 rings (SSSR count). The number of hydrogen-bond acceptors (Lipinski definition) is 5. The lowest BCUT2D eigenvalue weighted by atomic mass is 9.73. The highest BCUT2D eigenvalue weighted by atomic mass is 35.5. The van der Waals surface area contributed by atoms with Crippen LogP contribution in [-0.4, -0.2) is 33.2 Å². The molecular weight excluding hydrogens is 435 g/mol. The number of nitrogens with one attached hydrogen (secondary N) is 2. The molecule has 31 heavy (non-hydrogen) atoms. The third-order valence-corrected chi connectivity index (χ3v) is 5.59. The molecule has 0 aliphatic heterocycles. The summed E-state index contributed by atoms with van der Waals surface area (Å²) >= 11 is 12.7. The minimum absolute atomic E-state index is 0.0851. The highest BCUT2D eigenvalue weighted by molar-refractivity contribution is 6.35. The van der Waals surface area contributed by atoms with Gasteiger partial charge in [-0.2, -0.15) is 0 Å². The second-order valence-electron chi connectivity index (χ2n) is 8.42. The van der Waals surface area contributed by atoms with Gasteiger partial charge in [-0.1, -0.05) is 43.1 Å². The van der Waals surface area contributed by atoms with Crippen LogP contribution in [0, 0.1) is 5.41 Å². The SMILES string of the molecule is COC/C=C/NC(C1=C(N/C(C)=C/COC)CC(C)(C)CC1=O)c1ccc(Cl)cc1Cl. The van der Waals surface area contributed by atoms with Crippen molar-refractivity contribution in [2.24, 2.45) is 5.41 Å². The molecule has 0 saturated carbocycles. The maximum atomic E-state index is 13.4. The fourth-order valence-corrected chi connectivity index (χ4v) is 4.17. The van der Waals surface area contributed by atoms with Crippen molar-refractivity contribution in [1.29, 1.82) is 0 Å². The van der Waals surface area contributed by atoms with Crippen LogP contribution in [0.2, 0.25) is 10.0 Å². The molecule has 170 valence electrons. The zero-order chi connectivity index (χ0) is 23.0. The first-order valence-corrected chi connectivity index (χ1v) is 11.0. The van der Waals surface area contributed by atoms with Crippen LogP contribution in [0.3, 0.4) is 0 Å². The van der Waals surface area contributed by atoms with E-state index in [0.717, 1.165) is 23.4 Å². The van der Waals surface area contributed by atoms with E-state index < -0.39 is 6.04 Å². The summed E-state index contributed by atoms with van der Waals surface area (Å²) in [5, 5.41) is 7.86. The number of halogens is 2. The standard InChI is InChI=1S/C24H32Cl2N2O3/c1-16(9-12-31-5)28-20-14-24(2,3)15-21(29)22(20)23(27-10-6-11-30-4)18-8-7-17(25)13-19(18)26/h6-10,13,23,27-28H,11-12,14-15H2,1-5H3/b10-6+,16-9+. The summed E-state index contributed by atoms with van der Waals surface area (Å²) in [4.78, 5) is 13.4. The zero-order valence-electron chi connectivity index (χ0n) is 18.9. The van der Waals surface area contributed by atoms with Crippen molar-refractivity contribution in [2.45, 2.75) is 39.7 Å². The van der Waals surface area contributed by atoms with E-state index in [1.165, 1.54) is 0 Å². The minimum Gasteiger partial charge on any atom is -0.381 e. The zero-order valence-corrected chi connectivity index (χ0v) is 20.4. The number of methoxy groups -OCH3 is 2. The van der Waals surface area contributed by atoms with E-state index in [1.807, 2.05) is 25.1 Å². The van der Waals surface area contributed by atoms with E-state index in [1.54, 1.807) is 32.6 Å². The predicted octanol–water partition coefficient (Wildman–Crippen LogP) is 5.57. The lowest BCUT2D eigenvalue weighted by molar-refractivity contribution is -0.118. The number of rotatable bonds is 10. The first-order valence-electron chi connectivity index (χ1n) is 10.2. The largest absolute Gasteiger partial charge is 0.381 e. The van der Waals surface area contributed by atoms with Crippen LogP contribution in [-0.2, 0) is 14.3 Å². The van der Waals surface area contributed by atoms with Crippen LogP contribution in [0.1, 0.15) is 45.2 Å². The summed E-state index contributed by atoms with van der Waals surface area (Å²) in [6, 6.07) is 4.91. The van der Waals surface area contributed by atoms with Gasteiger partial charge >= 0.3 is 0 Å². The topological polar surface area (TPSA) is 59.6 Å². The highest BCUT2D eigenvalue weighted by Gasteiger charge is 2.37. The Morgan fingerprint density at radius 1 is 1.19 bits per heavy atom. The molecule has 1 atom stereocenters. The lowest BCUT2D eigenvalue weighted by Crippen LogP contribution is -2.36. The predicted molar refractivity (Wildman–Crippen MR) is 127 cm³/mol. The average Bonchev–Trinajstić information content (AvgIpc) is 2.67. The smallest absolute Gasteiger partial charge is 0.163 e. The van der Waals surface area contributed by atoms with Gasteiger partial charge in [0.2, 0.25) is 0 Å². The maximum absolute atomic E-state index is 13.4. The molecule has 0 saturated heterocycles. The Bertz CT molecular complexity index is 876. The van der Waals surface area contributed by atoms with E-state index in [2.05, 4.69) is 24.5 Å². The fourth-order valence-electron chi connectivity index (χ4n) is 3.65. The van der Waals surface area contributed by atoms with Gasteiger partial charge in [0.1, 0.15) is 0 Å². The van der Waals surface area contributed by atoms with Gasteiger partial charge in [0, 0.05) is 47.7 Å². The summed E-state index contributed by atoms with van der Waals surface area (Å²) < 4.78 is 10.2. The fraction of sp³-hybridized carbons (Fsp3) is 0.458. The van der Waals surface area contributed by atoms with Crippen LogP contribution in [0.5, 0.6) is 0 Å². The molecule has 0 bridgehead atoms. The summed E-state index contributed by atoms with van der Waals surface area (Å²) in [5.74, 6) is 0.0851. The number of carbonyl (C=O) groups is 1. The Hall–Kier alpha value is -1.79. The van der Waals surface area contributed by atoms with Gasteiger partial charge in [-0.25, -0.2) is 0 Å². The van der Waals surface area contributed by atoms with Crippen molar-refractivity contribution in [2.75, 3.05) is 27.4 Å². The van der Waals surface area contributed by atoms with Crippen molar-refractivity contribution < 1.29 is 14.3 Å². The molecule has 0 fully saturated rings. The normalized spacial score (nSPS) is 17.9. The first kappa shape index (κ1) is 25.5. The summed E-state index contributed by atoms with van der Waals surface area (Å²) in [7, 11) is 3.28. The number of ketones is 1. The Balaban J connectivity index is 2.58. The lowest BCUT2D eigenvalue weighted by Gasteiger charge is -2.36. The molecule has 1 aliphatic rings. The first-order chi connectivity index (χ1) is 14.7. The van der Waals surface area contributed by atoms with Gasteiger partial charge in [-0.3, -0.25) is 4.79 Å². The molecular formula is C24H32Cl2N2O3. The average molecular weight is 467 g/mol. The van der Waals surface area contributed by atoms with Crippen LogP contribution in [0.4, 0.5) is 0 Å². The number of ether oxygens (including phenoxy) is 2. The molecule has 5 nitrogen and oxygen atoms in total. The van der Waals surface area contributed by atoms with Gasteiger partial charge in [0.25, 0.3) is 0 Å². The van der Waals surface area contributed by atoms with Crippen molar-refractivity contribution in [3.63, 3.8) is 0 Å². The van der Waals surface area contributed by atoms with Gasteiger partial charge in [0.05, 0.1) is 19.3 Å². The quantitative estimate of drug-likeness (QED) is 0.471. The van der Waals surface area contributed by atoms with Crippen molar-refractivity contribution in [1.82, 2.24) is 10.6 Å². The van der Waals surface area contributed by atoms with E-state index in [0.29, 0.717) is 35.3 Å². The number of Topliss-reactive ketones (excluding diaryl/α,β-unsaturated/α-hetero) is 1. The van der Waals surface area contributed by atoms with Gasteiger partial charge in [0.15, 0.2) is 5.78 Å². The molecule has 2 N–H and O–H groups in total. The maximum Gasteiger partial charge on any atom is 0.163 e. The molecule has 7 heteroatoms. The van der Waals surface area contributed by atoms with Crippen LogP contribution >= 0.6 is 23.2 Å². The number of hydrogen-bond donors (Lipinski definition) is 2. The second-order valence-corrected chi connectivity index (χ2v) is 9.27. The van der Waals surface area contributed by atoms with Crippen molar-refractivity contribution in [3.05, 3.63) is 69.1 Å². The van der Waals surface area contributed by atoms with Crippen molar-refractivity contribution in [3.8, 4) is 0 Å². The Morgan fingerprint density at radius 2 is 1.90 bits per heavy atom. The Labute approximate surface area is 195 Å². The molecule has 0 spiro atoms. The van der Waals surface area contributed by atoms with Crippen molar-refractivity contribution >= 4 is 29.0 Å². The minimum atomic E-state index is -0.431. The highest BCUT2D eigenvalue weighted by Crippen LogP contribution is 2.41. The molecule has 0 heterocycles.